The summed E-state index contributed by atoms with van der Waals surface area (Å²) in [4.78, 5) is 9.97. The van der Waals surface area contributed by atoms with E-state index in [1.165, 1.54) is 18.4 Å². The second-order valence-electron chi connectivity index (χ2n) is 8.58. The molecule has 4 rings (SSSR count). The van der Waals surface area contributed by atoms with E-state index in [0.717, 1.165) is 71.2 Å². The van der Waals surface area contributed by atoms with E-state index in [9.17, 15) is 0 Å². The molecular formula is C23H38IN5O. The molecule has 3 aliphatic rings. The molecule has 7 heteroatoms. The molecule has 3 unspecified atom stereocenters. The molecule has 0 radical (unpaired) electrons. The first kappa shape index (κ1) is 23.8. The van der Waals surface area contributed by atoms with Crippen molar-refractivity contribution in [3.05, 3.63) is 35.9 Å². The molecule has 30 heavy (non-hydrogen) atoms. The Hall–Kier alpha value is -0.900. The van der Waals surface area contributed by atoms with Crippen molar-refractivity contribution in [3.8, 4) is 0 Å². The van der Waals surface area contributed by atoms with Gasteiger partial charge < -0.3 is 20.3 Å². The van der Waals surface area contributed by atoms with Crippen LogP contribution in [-0.2, 0) is 11.3 Å². The van der Waals surface area contributed by atoms with E-state index in [2.05, 4.69) is 57.7 Å². The van der Waals surface area contributed by atoms with Crippen LogP contribution in [0.25, 0.3) is 0 Å². The van der Waals surface area contributed by atoms with E-state index in [4.69, 9.17) is 9.73 Å². The first-order chi connectivity index (χ1) is 14.3. The van der Waals surface area contributed by atoms with Crippen LogP contribution in [0, 0.1) is 0 Å². The molecule has 0 amide bonds. The van der Waals surface area contributed by atoms with Crippen LogP contribution in [0.1, 0.15) is 38.2 Å². The highest BCUT2D eigenvalue weighted by atomic mass is 127. The SMILES string of the molecule is CCNC(=NCCCN1CCN(Cc2ccccc2)CC1)NC1CC2CCC1O2.I. The topological polar surface area (TPSA) is 52.1 Å². The number of rotatable bonds is 8. The maximum atomic E-state index is 5.96. The van der Waals surface area contributed by atoms with Gasteiger partial charge in [0.25, 0.3) is 0 Å². The Kier molecular flexibility index (Phi) is 9.67. The summed E-state index contributed by atoms with van der Waals surface area (Å²) in [5.41, 5.74) is 1.42. The van der Waals surface area contributed by atoms with E-state index in [-0.39, 0.29) is 24.0 Å². The van der Waals surface area contributed by atoms with Crippen LogP contribution in [0.5, 0.6) is 0 Å². The monoisotopic (exact) mass is 527 g/mol. The van der Waals surface area contributed by atoms with E-state index >= 15 is 0 Å². The fraction of sp³-hybridized carbons (Fsp3) is 0.696. The number of benzene rings is 1. The molecule has 6 nitrogen and oxygen atoms in total. The molecule has 0 aromatic heterocycles. The molecule has 1 aromatic carbocycles. The van der Waals surface area contributed by atoms with Gasteiger partial charge in [-0.1, -0.05) is 30.3 Å². The molecular weight excluding hydrogens is 489 g/mol. The lowest BCUT2D eigenvalue weighted by molar-refractivity contribution is 0.0992. The van der Waals surface area contributed by atoms with Crippen LogP contribution in [0.4, 0.5) is 0 Å². The standard InChI is InChI=1S/C23H37N5O.HI/c1-2-24-23(26-21-17-20-9-10-22(21)29-20)25-11-6-12-27-13-15-28(16-14-27)18-19-7-4-3-5-8-19;/h3-5,7-8,20-22H,2,6,9-18H2,1H3,(H2,24,25,26);1H. The van der Waals surface area contributed by atoms with Gasteiger partial charge in [-0.25, -0.2) is 0 Å². The maximum Gasteiger partial charge on any atom is 0.191 e. The molecule has 2 N–H and O–H groups in total. The molecule has 0 aliphatic carbocycles. The van der Waals surface area contributed by atoms with Crippen LogP contribution in [0.15, 0.2) is 35.3 Å². The second kappa shape index (κ2) is 12.2. The van der Waals surface area contributed by atoms with Crippen molar-refractivity contribution in [3.63, 3.8) is 0 Å². The molecule has 3 heterocycles. The van der Waals surface area contributed by atoms with Crippen molar-refractivity contribution >= 4 is 29.9 Å². The van der Waals surface area contributed by atoms with Crippen LogP contribution in [0.3, 0.4) is 0 Å². The van der Waals surface area contributed by atoms with Crippen LogP contribution >= 0.6 is 24.0 Å². The quantitative estimate of drug-likeness (QED) is 0.236. The highest BCUT2D eigenvalue weighted by Gasteiger charge is 2.41. The Bertz CT molecular complexity index is 650. The fourth-order valence-electron chi connectivity index (χ4n) is 4.78. The third-order valence-electron chi connectivity index (χ3n) is 6.39. The average Bonchev–Trinajstić information content (AvgIpc) is 3.36. The normalized spacial score (nSPS) is 27.1. The number of hydrogen-bond donors (Lipinski definition) is 2. The second-order valence-corrected chi connectivity index (χ2v) is 8.58. The summed E-state index contributed by atoms with van der Waals surface area (Å²) < 4.78 is 5.96. The van der Waals surface area contributed by atoms with Gasteiger partial charge in [0.05, 0.1) is 18.2 Å². The van der Waals surface area contributed by atoms with Gasteiger partial charge in [-0.3, -0.25) is 9.89 Å². The summed E-state index contributed by atoms with van der Waals surface area (Å²) >= 11 is 0. The minimum atomic E-state index is 0. The molecule has 3 fully saturated rings. The third kappa shape index (κ3) is 6.80. The lowest BCUT2D eigenvalue weighted by Crippen LogP contribution is -2.47. The largest absolute Gasteiger partial charge is 0.373 e. The van der Waals surface area contributed by atoms with Crippen molar-refractivity contribution < 1.29 is 4.74 Å². The predicted octanol–water partition coefficient (Wildman–Crippen LogP) is 2.69. The van der Waals surface area contributed by atoms with Gasteiger partial charge in [-0.05, 0) is 38.2 Å². The molecule has 1 aromatic rings. The molecule has 2 bridgehead atoms. The molecule has 0 spiro atoms. The van der Waals surface area contributed by atoms with Gasteiger partial charge in [0.1, 0.15) is 0 Å². The first-order valence-corrected chi connectivity index (χ1v) is 11.5. The highest BCUT2D eigenvalue weighted by molar-refractivity contribution is 14.0. The van der Waals surface area contributed by atoms with Crippen LogP contribution < -0.4 is 10.6 Å². The van der Waals surface area contributed by atoms with Gasteiger partial charge in [-0.2, -0.15) is 0 Å². The summed E-state index contributed by atoms with van der Waals surface area (Å²) in [6.07, 6.45) is 5.52. The van der Waals surface area contributed by atoms with Crippen molar-refractivity contribution in [2.45, 2.75) is 57.4 Å². The minimum absolute atomic E-state index is 0. The van der Waals surface area contributed by atoms with Crippen LogP contribution in [-0.4, -0.2) is 79.8 Å². The fourth-order valence-corrected chi connectivity index (χ4v) is 4.78. The van der Waals surface area contributed by atoms with E-state index in [1.807, 2.05) is 0 Å². The van der Waals surface area contributed by atoms with Crippen LogP contribution in [0.2, 0.25) is 0 Å². The number of guanidine groups is 1. The Morgan fingerprint density at radius 2 is 1.87 bits per heavy atom. The zero-order valence-corrected chi connectivity index (χ0v) is 20.6. The molecule has 0 saturated carbocycles. The van der Waals surface area contributed by atoms with Gasteiger partial charge in [0.2, 0.25) is 0 Å². The van der Waals surface area contributed by atoms with E-state index < -0.39 is 0 Å². The number of piperazine rings is 1. The molecule has 3 saturated heterocycles. The lowest BCUT2D eigenvalue weighted by Gasteiger charge is -2.34. The summed E-state index contributed by atoms with van der Waals surface area (Å²) in [5, 5.41) is 7.01. The Balaban J connectivity index is 0.00000256. The van der Waals surface area contributed by atoms with Crippen molar-refractivity contribution in [1.29, 1.82) is 0 Å². The van der Waals surface area contributed by atoms with Crippen molar-refractivity contribution in [1.82, 2.24) is 20.4 Å². The van der Waals surface area contributed by atoms with Gasteiger partial charge in [0.15, 0.2) is 5.96 Å². The first-order valence-electron chi connectivity index (χ1n) is 11.5. The average molecular weight is 527 g/mol. The number of ether oxygens (including phenoxy) is 1. The van der Waals surface area contributed by atoms with Gasteiger partial charge in [-0.15, -0.1) is 24.0 Å². The smallest absolute Gasteiger partial charge is 0.191 e. The minimum Gasteiger partial charge on any atom is -0.373 e. The Morgan fingerprint density at radius 1 is 1.10 bits per heavy atom. The molecule has 3 atom stereocenters. The Morgan fingerprint density at radius 3 is 2.53 bits per heavy atom. The predicted molar refractivity (Wildman–Crippen MR) is 134 cm³/mol. The summed E-state index contributed by atoms with van der Waals surface area (Å²) in [6.45, 7) is 10.8. The summed E-state index contributed by atoms with van der Waals surface area (Å²) in [7, 11) is 0. The summed E-state index contributed by atoms with van der Waals surface area (Å²) in [6, 6.07) is 11.2. The summed E-state index contributed by atoms with van der Waals surface area (Å²) in [5.74, 6) is 0.960. The van der Waals surface area contributed by atoms with Crippen molar-refractivity contribution in [2.24, 2.45) is 4.99 Å². The molecule has 3 aliphatic heterocycles. The Labute approximate surface area is 198 Å². The number of fused-ring (bicyclic) bond motifs is 2. The highest BCUT2D eigenvalue weighted by Crippen LogP contribution is 2.34. The maximum absolute atomic E-state index is 5.96. The zero-order chi connectivity index (χ0) is 19.9. The van der Waals surface area contributed by atoms with Gasteiger partial charge in [0, 0.05) is 52.4 Å². The third-order valence-corrected chi connectivity index (χ3v) is 6.39. The number of halogens is 1. The zero-order valence-electron chi connectivity index (χ0n) is 18.3. The number of nitrogens with zero attached hydrogens (tertiary/aromatic N) is 3. The van der Waals surface area contributed by atoms with E-state index in [0.29, 0.717) is 18.2 Å². The lowest BCUT2D eigenvalue weighted by atomic mass is 9.96. The van der Waals surface area contributed by atoms with E-state index in [1.54, 1.807) is 0 Å². The molecule has 168 valence electrons. The van der Waals surface area contributed by atoms with Crippen molar-refractivity contribution in [2.75, 3.05) is 45.8 Å². The number of nitrogens with one attached hydrogen (secondary N) is 2. The number of aliphatic imine (C=N–C) groups is 1. The number of hydrogen-bond acceptors (Lipinski definition) is 4. The van der Waals surface area contributed by atoms with Gasteiger partial charge >= 0.3 is 0 Å².